The van der Waals surface area contributed by atoms with Crippen LogP contribution < -0.4 is 10.1 Å². The first-order valence-electron chi connectivity index (χ1n) is 12.9. The third kappa shape index (κ3) is 5.97. The van der Waals surface area contributed by atoms with Gasteiger partial charge in [-0.1, -0.05) is 55.5 Å². The van der Waals surface area contributed by atoms with Gasteiger partial charge in [0, 0.05) is 18.3 Å². The van der Waals surface area contributed by atoms with Crippen LogP contribution in [0.15, 0.2) is 48.5 Å². The molecule has 178 valence electrons. The molecular formula is C29H40N2O2. The number of nitrogens with one attached hydrogen (secondary N) is 1. The molecule has 0 unspecified atom stereocenters. The van der Waals surface area contributed by atoms with Crippen molar-refractivity contribution in [3.05, 3.63) is 59.7 Å². The maximum absolute atomic E-state index is 13.5. The minimum Gasteiger partial charge on any atom is -0.494 e. The fourth-order valence-electron chi connectivity index (χ4n) is 5.58. The van der Waals surface area contributed by atoms with Crippen molar-refractivity contribution in [2.45, 2.75) is 83.1 Å². The van der Waals surface area contributed by atoms with E-state index in [4.69, 9.17) is 4.74 Å². The van der Waals surface area contributed by atoms with Crippen LogP contribution in [-0.4, -0.2) is 36.5 Å². The molecule has 0 spiro atoms. The summed E-state index contributed by atoms with van der Waals surface area (Å²) in [5, 5.41) is 3.21. The fraction of sp³-hybridized carbons (Fsp3) is 0.552. The van der Waals surface area contributed by atoms with E-state index >= 15 is 0 Å². The summed E-state index contributed by atoms with van der Waals surface area (Å²) in [6.07, 6.45) is 10.3. The highest BCUT2D eigenvalue weighted by Crippen LogP contribution is 2.40. The third-order valence-corrected chi connectivity index (χ3v) is 7.62. The van der Waals surface area contributed by atoms with Gasteiger partial charge in [-0.2, -0.15) is 0 Å². The van der Waals surface area contributed by atoms with Crippen molar-refractivity contribution in [3.63, 3.8) is 0 Å². The average Bonchev–Trinajstić information content (AvgIpc) is 2.84. The van der Waals surface area contributed by atoms with E-state index in [1.165, 1.54) is 37.8 Å². The first-order chi connectivity index (χ1) is 16.1. The Hall–Kier alpha value is -2.33. The van der Waals surface area contributed by atoms with E-state index in [0.29, 0.717) is 6.04 Å². The topological polar surface area (TPSA) is 41.6 Å². The van der Waals surface area contributed by atoms with Gasteiger partial charge in [0.05, 0.1) is 12.0 Å². The predicted molar refractivity (Wildman–Crippen MR) is 136 cm³/mol. The highest BCUT2D eigenvalue weighted by Gasteiger charge is 2.41. The number of rotatable bonds is 8. The molecule has 2 aliphatic rings. The predicted octanol–water partition coefficient (Wildman–Crippen LogP) is 6.48. The molecule has 1 saturated heterocycles. The molecule has 1 heterocycles. The number of carbonyl (C=O) groups excluding carboxylic acids is 1. The zero-order chi connectivity index (χ0) is 23.1. The van der Waals surface area contributed by atoms with E-state index in [2.05, 4.69) is 48.3 Å². The number of anilines is 1. The maximum atomic E-state index is 13.5. The molecular weight excluding hydrogens is 408 g/mol. The first-order valence-corrected chi connectivity index (χ1v) is 12.9. The lowest BCUT2D eigenvalue weighted by Gasteiger charge is -2.36. The lowest BCUT2D eigenvalue weighted by Crippen LogP contribution is -2.42. The highest BCUT2D eigenvalue weighted by atomic mass is 16.5. The molecule has 0 aromatic heterocycles. The number of likely N-dealkylation sites (tertiary alicyclic amines) is 1. The largest absolute Gasteiger partial charge is 0.494 e. The molecule has 1 N–H and O–H groups in total. The van der Waals surface area contributed by atoms with Crippen molar-refractivity contribution in [2.75, 3.05) is 25.0 Å². The Kier molecular flexibility index (Phi) is 8.08. The molecule has 2 fully saturated rings. The summed E-state index contributed by atoms with van der Waals surface area (Å²) in [5.41, 5.74) is 2.78. The second kappa shape index (κ2) is 11.2. The van der Waals surface area contributed by atoms with Crippen LogP contribution in [0.1, 0.15) is 75.8 Å². The molecule has 1 saturated carbocycles. The Morgan fingerprint density at radius 2 is 1.85 bits per heavy atom. The molecule has 1 amide bonds. The van der Waals surface area contributed by atoms with Crippen molar-refractivity contribution in [2.24, 2.45) is 0 Å². The molecule has 1 aliphatic heterocycles. The Bertz CT molecular complexity index is 902. The van der Waals surface area contributed by atoms with Crippen molar-refractivity contribution in [1.29, 1.82) is 0 Å². The van der Waals surface area contributed by atoms with Crippen LogP contribution in [0.25, 0.3) is 0 Å². The molecule has 0 bridgehead atoms. The Morgan fingerprint density at radius 1 is 1.06 bits per heavy atom. The maximum Gasteiger partial charge on any atom is 0.235 e. The molecule has 1 aliphatic carbocycles. The first kappa shape index (κ1) is 23.8. The summed E-state index contributed by atoms with van der Waals surface area (Å²) in [7, 11) is 0. The van der Waals surface area contributed by atoms with Crippen molar-refractivity contribution in [1.82, 2.24) is 4.90 Å². The molecule has 1 atom stereocenters. The third-order valence-electron chi connectivity index (χ3n) is 7.62. The number of hydrogen-bond donors (Lipinski definition) is 1. The molecule has 4 nitrogen and oxygen atoms in total. The van der Waals surface area contributed by atoms with Crippen LogP contribution in [-0.2, 0) is 10.2 Å². The van der Waals surface area contributed by atoms with Crippen molar-refractivity contribution < 1.29 is 9.53 Å². The van der Waals surface area contributed by atoms with Gasteiger partial charge in [0.1, 0.15) is 5.75 Å². The quantitative estimate of drug-likeness (QED) is 0.470. The summed E-state index contributed by atoms with van der Waals surface area (Å²) in [6.45, 7) is 7.49. The fourth-order valence-corrected chi connectivity index (χ4v) is 5.58. The minimum atomic E-state index is -0.426. The van der Waals surface area contributed by atoms with Crippen LogP contribution >= 0.6 is 0 Å². The molecule has 4 heteroatoms. The van der Waals surface area contributed by atoms with Gasteiger partial charge < -0.3 is 15.0 Å². The number of ether oxygens (including phenoxy) is 1. The lowest BCUT2D eigenvalue weighted by atomic mass is 9.68. The average molecular weight is 449 g/mol. The Labute approximate surface area is 199 Å². The number of carbonyl (C=O) groups is 1. The van der Waals surface area contributed by atoms with Gasteiger partial charge in [-0.3, -0.25) is 4.79 Å². The molecule has 2 aromatic rings. The summed E-state index contributed by atoms with van der Waals surface area (Å²) >= 11 is 0. The minimum absolute atomic E-state index is 0.122. The highest BCUT2D eigenvalue weighted by molar-refractivity contribution is 5.99. The van der Waals surface area contributed by atoms with E-state index in [0.717, 1.165) is 62.3 Å². The second-order valence-electron chi connectivity index (χ2n) is 10.1. The normalized spacial score (nSPS) is 20.8. The van der Waals surface area contributed by atoms with E-state index in [1.807, 2.05) is 24.3 Å². The van der Waals surface area contributed by atoms with Crippen LogP contribution in [0.5, 0.6) is 5.75 Å². The molecule has 4 rings (SSSR count). The Morgan fingerprint density at radius 3 is 2.58 bits per heavy atom. The van der Waals surface area contributed by atoms with Gasteiger partial charge in [0.2, 0.25) is 5.91 Å². The van der Waals surface area contributed by atoms with Crippen LogP contribution in [0.2, 0.25) is 0 Å². The standard InChI is InChI=1S/C29H40N2O2/c1-23-10-8-12-25(22-23)29(17-5-3-6-18-29)28(32)30-26-13-15-27(16-14-26)33-21-9-20-31-19-7-4-11-24(31)2/h8,10,12-16,22,24H,3-7,9,11,17-21H2,1-2H3,(H,30,32)/t24-/m0/s1. The van der Waals surface area contributed by atoms with Gasteiger partial charge in [-0.25, -0.2) is 0 Å². The van der Waals surface area contributed by atoms with Gasteiger partial charge in [0.25, 0.3) is 0 Å². The van der Waals surface area contributed by atoms with Crippen LogP contribution in [0.3, 0.4) is 0 Å². The Balaban J connectivity index is 1.32. The van der Waals surface area contributed by atoms with E-state index in [-0.39, 0.29) is 5.91 Å². The van der Waals surface area contributed by atoms with Gasteiger partial charge in [-0.15, -0.1) is 0 Å². The molecule has 33 heavy (non-hydrogen) atoms. The summed E-state index contributed by atoms with van der Waals surface area (Å²) in [4.78, 5) is 16.1. The van der Waals surface area contributed by atoms with Crippen molar-refractivity contribution >= 4 is 11.6 Å². The SMILES string of the molecule is Cc1cccc(C2(C(=O)Nc3ccc(OCCCN4CCCC[C@@H]4C)cc3)CCCCC2)c1. The van der Waals surface area contributed by atoms with Gasteiger partial charge in [-0.05, 0) is 82.3 Å². The lowest BCUT2D eigenvalue weighted by molar-refractivity contribution is -0.122. The van der Waals surface area contributed by atoms with Crippen LogP contribution in [0.4, 0.5) is 5.69 Å². The van der Waals surface area contributed by atoms with Crippen LogP contribution in [0, 0.1) is 6.92 Å². The smallest absolute Gasteiger partial charge is 0.235 e. The zero-order valence-corrected chi connectivity index (χ0v) is 20.4. The summed E-state index contributed by atoms with van der Waals surface area (Å²) in [6, 6.07) is 17.1. The van der Waals surface area contributed by atoms with E-state index < -0.39 is 5.41 Å². The molecule has 2 aromatic carbocycles. The number of hydrogen-bond acceptors (Lipinski definition) is 3. The number of piperidine rings is 1. The van der Waals surface area contributed by atoms with E-state index in [9.17, 15) is 4.79 Å². The second-order valence-corrected chi connectivity index (χ2v) is 10.1. The number of amides is 1. The molecule has 0 radical (unpaired) electrons. The van der Waals surface area contributed by atoms with Crippen molar-refractivity contribution in [3.8, 4) is 5.75 Å². The van der Waals surface area contributed by atoms with Gasteiger partial charge in [0.15, 0.2) is 0 Å². The summed E-state index contributed by atoms with van der Waals surface area (Å²) in [5.74, 6) is 0.989. The zero-order valence-electron chi connectivity index (χ0n) is 20.4. The number of nitrogens with zero attached hydrogens (tertiary/aromatic N) is 1. The summed E-state index contributed by atoms with van der Waals surface area (Å²) < 4.78 is 5.97. The number of aryl methyl sites for hydroxylation is 1. The monoisotopic (exact) mass is 448 g/mol. The number of benzene rings is 2. The van der Waals surface area contributed by atoms with E-state index in [1.54, 1.807) is 0 Å². The van der Waals surface area contributed by atoms with Gasteiger partial charge >= 0.3 is 0 Å².